The minimum atomic E-state index is 1.13. The van der Waals surface area contributed by atoms with Crippen molar-refractivity contribution in [1.82, 2.24) is 0 Å². The molecular formula is C48H32N2S2. The van der Waals surface area contributed by atoms with Gasteiger partial charge in [0.15, 0.2) is 0 Å². The maximum absolute atomic E-state index is 2.44. The second-order valence-electron chi connectivity index (χ2n) is 13.0. The van der Waals surface area contributed by atoms with Gasteiger partial charge in [0, 0.05) is 68.8 Å². The van der Waals surface area contributed by atoms with Gasteiger partial charge in [-0.3, -0.25) is 0 Å². The van der Waals surface area contributed by atoms with Crippen LogP contribution in [0.3, 0.4) is 0 Å². The zero-order valence-electron chi connectivity index (χ0n) is 28.2. The molecule has 2 nitrogen and oxygen atoms in total. The number of benzene rings is 8. The van der Waals surface area contributed by atoms with E-state index in [2.05, 4.69) is 204 Å². The van der Waals surface area contributed by atoms with E-state index in [1.807, 2.05) is 22.7 Å². The molecule has 0 fully saturated rings. The summed E-state index contributed by atoms with van der Waals surface area (Å²) in [5, 5.41) is 5.12. The van der Waals surface area contributed by atoms with Gasteiger partial charge in [-0.05, 0) is 96.1 Å². The van der Waals surface area contributed by atoms with Crippen molar-refractivity contribution in [3.8, 4) is 11.1 Å². The second-order valence-corrected chi connectivity index (χ2v) is 15.1. The summed E-state index contributed by atoms with van der Waals surface area (Å²) in [5.41, 5.74) is 9.31. The first-order valence-corrected chi connectivity index (χ1v) is 19.1. The Bertz CT molecular complexity index is 2800. The van der Waals surface area contributed by atoms with Gasteiger partial charge in [-0.2, -0.15) is 0 Å². The lowest BCUT2D eigenvalue weighted by molar-refractivity contribution is 1.29. The molecule has 0 radical (unpaired) electrons. The molecule has 0 atom stereocenters. The second kappa shape index (κ2) is 12.8. The Morgan fingerprint density at radius 1 is 0.288 bits per heavy atom. The third-order valence-electron chi connectivity index (χ3n) is 9.84. The highest BCUT2D eigenvalue weighted by Gasteiger charge is 2.20. The Morgan fingerprint density at radius 2 is 0.827 bits per heavy atom. The zero-order valence-corrected chi connectivity index (χ0v) is 29.8. The van der Waals surface area contributed by atoms with E-state index in [9.17, 15) is 0 Å². The monoisotopic (exact) mass is 700 g/mol. The number of rotatable bonds is 7. The van der Waals surface area contributed by atoms with Gasteiger partial charge >= 0.3 is 0 Å². The average molecular weight is 701 g/mol. The van der Waals surface area contributed by atoms with Crippen LogP contribution in [-0.2, 0) is 0 Å². The van der Waals surface area contributed by atoms with Crippen LogP contribution in [0.5, 0.6) is 0 Å². The summed E-state index contributed by atoms with van der Waals surface area (Å²) in [6.45, 7) is 0. The summed E-state index contributed by atoms with van der Waals surface area (Å²) in [4.78, 5) is 4.78. The van der Waals surface area contributed by atoms with Crippen LogP contribution >= 0.6 is 22.7 Å². The number of para-hydroxylation sites is 2. The van der Waals surface area contributed by atoms with Crippen LogP contribution in [0.1, 0.15) is 0 Å². The number of anilines is 6. The maximum Gasteiger partial charge on any atom is 0.0554 e. The minimum Gasteiger partial charge on any atom is -0.310 e. The normalized spacial score (nSPS) is 11.5. The molecule has 10 rings (SSSR count). The molecule has 8 aromatic carbocycles. The molecular weight excluding hydrogens is 669 g/mol. The van der Waals surface area contributed by atoms with Crippen molar-refractivity contribution < 1.29 is 0 Å². The van der Waals surface area contributed by atoms with Crippen molar-refractivity contribution in [3.05, 3.63) is 194 Å². The highest BCUT2D eigenvalue weighted by atomic mass is 32.1. The topological polar surface area (TPSA) is 6.48 Å². The van der Waals surface area contributed by atoms with Gasteiger partial charge in [0.2, 0.25) is 0 Å². The molecule has 0 bridgehead atoms. The van der Waals surface area contributed by atoms with Crippen molar-refractivity contribution >= 4 is 97.1 Å². The third-order valence-corrected chi connectivity index (χ3v) is 12.1. The highest BCUT2D eigenvalue weighted by molar-refractivity contribution is 7.26. The Hall–Kier alpha value is -6.20. The van der Waals surface area contributed by atoms with E-state index >= 15 is 0 Å². The summed E-state index contributed by atoms with van der Waals surface area (Å²) >= 11 is 3.72. The average Bonchev–Trinajstić information content (AvgIpc) is 3.78. The van der Waals surface area contributed by atoms with E-state index < -0.39 is 0 Å². The molecule has 0 aliphatic carbocycles. The summed E-state index contributed by atoms with van der Waals surface area (Å²) in [5.74, 6) is 0. The van der Waals surface area contributed by atoms with Gasteiger partial charge in [0.05, 0.1) is 5.69 Å². The predicted octanol–water partition coefficient (Wildman–Crippen LogP) is 15.0. The Morgan fingerprint density at radius 3 is 1.58 bits per heavy atom. The van der Waals surface area contributed by atoms with Gasteiger partial charge < -0.3 is 9.80 Å². The molecule has 0 spiro atoms. The maximum atomic E-state index is 2.44. The molecule has 0 aliphatic rings. The smallest absolute Gasteiger partial charge is 0.0554 e. The molecule has 0 saturated carbocycles. The number of fused-ring (bicyclic) bond motifs is 6. The zero-order chi connectivity index (χ0) is 34.4. The van der Waals surface area contributed by atoms with Crippen LogP contribution in [0.15, 0.2) is 194 Å². The highest BCUT2D eigenvalue weighted by Crippen LogP contribution is 2.47. The van der Waals surface area contributed by atoms with Crippen LogP contribution in [0.2, 0.25) is 0 Å². The SMILES string of the molecule is c1ccc(-c2ccc(N(c3ccc4c(c3)sc3ccc(N(c5ccccc5)c5ccccc5)cc34)c3cccc4sc5ccccc5c34)cc2)cc1. The van der Waals surface area contributed by atoms with Crippen molar-refractivity contribution in [1.29, 1.82) is 0 Å². The minimum absolute atomic E-state index is 1.13. The number of hydrogen-bond donors (Lipinski definition) is 0. The molecule has 0 aliphatic heterocycles. The molecule has 52 heavy (non-hydrogen) atoms. The van der Waals surface area contributed by atoms with E-state index in [1.54, 1.807) is 0 Å². The first-order chi connectivity index (χ1) is 25.8. The van der Waals surface area contributed by atoms with Crippen molar-refractivity contribution in [2.45, 2.75) is 0 Å². The summed E-state index contributed by atoms with van der Waals surface area (Å²) < 4.78 is 5.15. The van der Waals surface area contributed by atoms with E-state index in [-0.39, 0.29) is 0 Å². The lowest BCUT2D eigenvalue weighted by atomic mass is 10.0. The van der Waals surface area contributed by atoms with Gasteiger partial charge in [-0.25, -0.2) is 0 Å². The summed E-state index contributed by atoms with van der Waals surface area (Å²) in [7, 11) is 0. The lowest BCUT2D eigenvalue weighted by Crippen LogP contribution is -2.10. The number of hydrogen-bond acceptors (Lipinski definition) is 4. The molecule has 4 heteroatoms. The van der Waals surface area contributed by atoms with Crippen molar-refractivity contribution in [2.24, 2.45) is 0 Å². The molecule has 2 heterocycles. The lowest BCUT2D eigenvalue weighted by Gasteiger charge is -2.27. The van der Waals surface area contributed by atoms with Crippen LogP contribution in [-0.4, -0.2) is 0 Å². The van der Waals surface area contributed by atoms with Gasteiger partial charge in [0.1, 0.15) is 0 Å². The predicted molar refractivity (Wildman–Crippen MR) is 227 cm³/mol. The summed E-state index contributed by atoms with van der Waals surface area (Å²) in [6, 6.07) is 70.3. The third kappa shape index (κ3) is 5.32. The molecule has 0 unspecified atom stereocenters. The molecule has 2 aromatic heterocycles. The van der Waals surface area contributed by atoms with Crippen LogP contribution in [0.25, 0.3) is 51.5 Å². The fourth-order valence-electron chi connectivity index (χ4n) is 7.44. The van der Waals surface area contributed by atoms with E-state index in [0.29, 0.717) is 0 Å². The Balaban J connectivity index is 1.13. The fourth-order valence-corrected chi connectivity index (χ4v) is 9.68. The van der Waals surface area contributed by atoms with Crippen LogP contribution in [0.4, 0.5) is 34.1 Å². The molecule has 246 valence electrons. The standard InChI is InChI=1S/C48H32N2S2/c1-4-13-33(14-5-1)34-23-25-37(26-24-34)50(43-20-12-22-46-48(43)41-19-10-11-21-44(41)51-46)39-27-29-40-42-31-38(28-30-45(42)52-47(40)32-39)49(35-15-6-2-7-16-35)36-17-8-3-9-18-36/h1-32H. The first kappa shape index (κ1) is 30.6. The van der Waals surface area contributed by atoms with Crippen LogP contribution in [0, 0.1) is 0 Å². The molecule has 10 aromatic rings. The number of thiophene rings is 2. The quantitative estimate of drug-likeness (QED) is 0.163. The van der Waals surface area contributed by atoms with E-state index in [4.69, 9.17) is 0 Å². The van der Waals surface area contributed by atoms with Gasteiger partial charge in [0.25, 0.3) is 0 Å². The fraction of sp³-hybridized carbons (Fsp3) is 0. The van der Waals surface area contributed by atoms with E-state index in [1.165, 1.54) is 57.2 Å². The Labute approximate surface area is 310 Å². The molecule has 0 amide bonds. The first-order valence-electron chi connectivity index (χ1n) is 17.5. The number of nitrogens with zero attached hydrogens (tertiary/aromatic N) is 2. The summed E-state index contributed by atoms with van der Waals surface area (Å²) in [6.07, 6.45) is 0. The van der Waals surface area contributed by atoms with E-state index in [0.717, 1.165) is 28.4 Å². The van der Waals surface area contributed by atoms with Crippen LogP contribution < -0.4 is 9.80 Å². The van der Waals surface area contributed by atoms with Gasteiger partial charge in [-0.15, -0.1) is 22.7 Å². The Kier molecular flexibility index (Phi) is 7.56. The van der Waals surface area contributed by atoms with Gasteiger partial charge in [-0.1, -0.05) is 109 Å². The van der Waals surface area contributed by atoms with Crippen molar-refractivity contribution in [2.75, 3.05) is 9.80 Å². The molecule has 0 saturated heterocycles. The van der Waals surface area contributed by atoms with Crippen molar-refractivity contribution in [3.63, 3.8) is 0 Å². The largest absolute Gasteiger partial charge is 0.310 e. The molecule has 0 N–H and O–H groups in total.